The van der Waals surface area contributed by atoms with E-state index in [4.69, 9.17) is 0 Å². The fraction of sp³-hybridized carbons (Fsp3) is 0.514. The van der Waals surface area contributed by atoms with Crippen LogP contribution in [0, 0.1) is 11.3 Å². The first kappa shape index (κ1) is 38.6. The van der Waals surface area contributed by atoms with Gasteiger partial charge in [-0.1, -0.05) is 49.8 Å². The van der Waals surface area contributed by atoms with E-state index in [1.807, 2.05) is 39.8 Å². The molecule has 3 aliphatic rings. The van der Waals surface area contributed by atoms with Crippen molar-refractivity contribution in [1.82, 2.24) is 21.3 Å². The molecule has 1 spiro atoms. The van der Waals surface area contributed by atoms with Crippen LogP contribution in [0.4, 0.5) is 0 Å². The minimum absolute atomic E-state index is 0.0179. The fourth-order valence-electron chi connectivity index (χ4n) is 6.87. The maximum Gasteiger partial charge on any atom is 0.326 e. The third kappa shape index (κ3) is 8.55. The van der Waals surface area contributed by atoms with Crippen LogP contribution in [-0.2, 0) is 35.2 Å². The van der Waals surface area contributed by atoms with E-state index in [2.05, 4.69) is 21.3 Å². The number of carbonyl (C=O) groups excluding carboxylic acids is 5. The Balaban J connectivity index is 1.44. The van der Waals surface area contributed by atoms with Gasteiger partial charge in [0.2, 0.25) is 23.6 Å². The Hall–Kier alpha value is -4.23. The van der Waals surface area contributed by atoms with E-state index in [-0.39, 0.29) is 30.3 Å². The van der Waals surface area contributed by atoms with Crippen LogP contribution >= 0.6 is 11.8 Å². The summed E-state index contributed by atoms with van der Waals surface area (Å²) in [5.41, 5.74) is 2.98. The summed E-state index contributed by atoms with van der Waals surface area (Å²) in [6.45, 7) is 9.97. The second kappa shape index (κ2) is 15.8. The number of aliphatic carboxylic acids is 1. The lowest BCUT2D eigenvalue weighted by atomic mass is 9.67. The molecule has 1 saturated carbocycles. The lowest BCUT2D eigenvalue weighted by Crippen LogP contribution is -2.56. The van der Waals surface area contributed by atoms with Crippen LogP contribution in [0.15, 0.2) is 64.3 Å². The normalized spacial score (nSPS) is 20.9. The van der Waals surface area contributed by atoms with E-state index in [1.54, 1.807) is 31.2 Å². The van der Waals surface area contributed by atoms with Crippen molar-refractivity contribution >= 4 is 47.1 Å². The summed E-state index contributed by atoms with van der Waals surface area (Å²) in [5, 5.41) is 31.0. The predicted molar refractivity (Wildman–Crippen MR) is 190 cm³/mol. The summed E-state index contributed by atoms with van der Waals surface area (Å²) in [4.78, 5) is 76.7. The van der Waals surface area contributed by atoms with E-state index < -0.39 is 65.3 Å². The highest BCUT2D eigenvalue weighted by molar-refractivity contribution is 7.99. The zero-order valence-electron chi connectivity index (χ0n) is 29.5. The Morgan fingerprint density at radius 3 is 2.18 bits per heavy atom. The van der Waals surface area contributed by atoms with Crippen molar-refractivity contribution < 1.29 is 39.0 Å². The number of fused-ring (bicyclic) bond motifs is 1. The van der Waals surface area contributed by atoms with Crippen molar-refractivity contribution in [3.8, 4) is 0 Å². The molecule has 0 unspecified atom stereocenters. The van der Waals surface area contributed by atoms with Crippen molar-refractivity contribution in [1.29, 1.82) is 0 Å². The maximum atomic E-state index is 13.7. The molecule has 50 heavy (non-hydrogen) atoms. The number of rotatable bonds is 16. The first-order valence-corrected chi connectivity index (χ1v) is 18.0. The smallest absolute Gasteiger partial charge is 0.326 e. The number of carbonyl (C=O) groups is 6. The fourth-order valence-corrected chi connectivity index (χ4v) is 8.03. The average molecular weight is 709 g/mol. The van der Waals surface area contributed by atoms with Gasteiger partial charge in [-0.2, -0.15) is 11.8 Å². The lowest BCUT2D eigenvalue weighted by molar-refractivity contribution is -0.142. The molecule has 3 aliphatic carbocycles. The van der Waals surface area contributed by atoms with Crippen LogP contribution < -0.4 is 21.3 Å². The SMILES string of the molecule is CC(=O)N[C@@H](CSCC1=C(C)C=C2C(=O)[C@](C)(O)C3(CC3)C(C)=C21)C(=O)N[C@@H](Cc1ccccc1)C(=O)NCC(=O)N[C@@H](CC(C)C)C(=O)O. The standard InChI is InChI=1S/C37H48N4O8S/c1-20(2)14-28(35(47)48)40-30(43)17-38-33(45)27(16-24-10-8-7-9-11-24)41-34(46)29(39-23(5)42)19-50-18-26-21(3)15-25-31(26)22(4)37(12-13-37)36(6,49)32(25)44/h7-11,15,20,27-29,49H,12-14,16-19H2,1-6H3,(H,38,45)(H,39,42)(H,40,43)(H,41,46)(H,47,48)/t27-,28-,29-,36-/m0/s1. The van der Waals surface area contributed by atoms with Gasteiger partial charge in [0, 0.05) is 35.8 Å². The molecule has 13 heteroatoms. The summed E-state index contributed by atoms with van der Waals surface area (Å²) in [6, 6.07) is 5.76. The minimum Gasteiger partial charge on any atom is -0.480 e. The van der Waals surface area contributed by atoms with Crippen LogP contribution in [0.1, 0.15) is 66.4 Å². The highest BCUT2D eigenvalue weighted by atomic mass is 32.2. The van der Waals surface area contributed by atoms with Crippen LogP contribution in [0.25, 0.3) is 0 Å². The van der Waals surface area contributed by atoms with Gasteiger partial charge in [-0.15, -0.1) is 0 Å². The Morgan fingerprint density at radius 1 is 0.940 bits per heavy atom. The molecule has 1 fully saturated rings. The molecule has 0 bridgehead atoms. The molecular weight excluding hydrogens is 660 g/mol. The molecule has 12 nitrogen and oxygen atoms in total. The van der Waals surface area contributed by atoms with E-state index in [9.17, 15) is 39.0 Å². The van der Waals surface area contributed by atoms with Gasteiger partial charge < -0.3 is 31.5 Å². The van der Waals surface area contributed by atoms with Crippen LogP contribution in [0.5, 0.6) is 0 Å². The summed E-state index contributed by atoms with van der Waals surface area (Å²) in [6.07, 6.45) is 3.61. The molecule has 6 N–H and O–H groups in total. The number of carboxylic acids is 1. The molecule has 0 radical (unpaired) electrons. The third-order valence-electron chi connectivity index (χ3n) is 9.77. The van der Waals surface area contributed by atoms with Crippen LogP contribution in [-0.4, -0.2) is 87.4 Å². The van der Waals surface area contributed by atoms with Gasteiger partial charge in [0.25, 0.3) is 0 Å². The molecule has 0 aliphatic heterocycles. The molecule has 1 aromatic carbocycles. The highest BCUT2D eigenvalue weighted by Gasteiger charge is 2.65. The third-order valence-corrected chi connectivity index (χ3v) is 10.8. The van der Waals surface area contributed by atoms with Crippen LogP contribution in [0.2, 0.25) is 0 Å². The van der Waals surface area contributed by atoms with Crippen molar-refractivity contribution in [2.75, 3.05) is 18.1 Å². The number of ketones is 1. The van der Waals surface area contributed by atoms with Crippen LogP contribution in [0.3, 0.4) is 0 Å². The Labute approximate surface area is 297 Å². The Bertz CT molecular complexity index is 1640. The zero-order valence-corrected chi connectivity index (χ0v) is 30.3. The second-order valence-corrected chi connectivity index (χ2v) is 15.1. The molecule has 4 amide bonds. The molecular formula is C37H48N4O8S. The van der Waals surface area contributed by atoms with Gasteiger partial charge >= 0.3 is 5.97 Å². The lowest BCUT2D eigenvalue weighted by Gasteiger charge is -2.39. The highest BCUT2D eigenvalue weighted by Crippen LogP contribution is 2.65. The number of hydrogen-bond acceptors (Lipinski definition) is 8. The number of hydrogen-bond donors (Lipinski definition) is 6. The maximum absolute atomic E-state index is 13.7. The topological polar surface area (TPSA) is 191 Å². The molecule has 1 aromatic rings. The van der Waals surface area contributed by atoms with Gasteiger partial charge in [-0.05, 0) is 74.3 Å². The Morgan fingerprint density at radius 2 is 1.60 bits per heavy atom. The van der Waals surface area contributed by atoms with E-state index >= 15 is 0 Å². The molecule has 0 saturated heterocycles. The molecule has 270 valence electrons. The van der Waals surface area contributed by atoms with Gasteiger partial charge in [-0.25, -0.2) is 4.79 Å². The number of amides is 4. The number of Topliss-reactive ketones (excluding diaryl/α,β-unsaturated/α-hetero) is 1. The van der Waals surface area contributed by atoms with Gasteiger partial charge in [-0.3, -0.25) is 24.0 Å². The van der Waals surface area contributed by atoms with E-state index in [0.717, 1.165) is 40.7 Å². The molecule has 0 heterocycles. The van der Waals surface area contributed by atoms with Crippen molar-refractivity contribution in [3.63, 3.8) is 0 Å². The quantitative estimate of drug-likeness (QED) is 0.150. The van der Waals surface area contributed by atoms with Crippen molar-refractivity contribution in [2.24, 2.45) is 11.3 Å². The molecule has 4 rings (SSSR count). The van der Waals surface area contributed by atoms with Gasteiger partial charge in [0.1, 0.15) is 23.7 Å². The number of nitrogens with one attached hydrogen (secondary N) is 4. The van der Waals surface area contributed by atoms with Crippen molar-refractivity contribution in [3.05, 3.63) is 69.8 Å². The number of benzene rings is 1. The largest absolute Gasteiger partial charge is 0.480 e. The zero-order chi connectivity index (χ0) is 37.0. The summed E-state index contributed by atoms with van der Waals surface area (Å²) in [7, 11) is 0. The summed E-state index contributed by atoms with van der Waals surface area (Å²) >= 11 is 1.40. The van der Waals surface area contributed by atoms with Gasteiger partial charge in [0.05, 0.1) is 6.54 Å². The molecule has 0 aromatic heterocycles. The van der Waals surface area contributed by atoms with E-state index in [0.29, 0.717) is 11.3 Å². The summed E-state index contributed by atoms with van der Waals surface area (Å²) in [5.74, 6) is -3.18. The monoisotopic (exact) mass is 708 g/mol. The molecule has 4 atom stereocenters. The number of thioether (sulfide) groups is 1. The first-order chi connectivity index (χ1) is 23.5. The second-order valence-electron chi connectivity index (χ2n) is 14.0. The summed E-state index contributed by atoms with van der Waals surface area (Å²) < 4.78 is 0. The Kier molecular flexibility index (Phi) is 12.2. The predicted octanol–water partition coefficient (Wildman–Crippen LogP) is 2.37. The average Bonchev–Trinajstić information content (AvgIpc) is 3.80. The number of allylic oxidation sites excluding steroid dienone is 3. The minimum atomic E-state index is -1.45. The van der Waals surface area contributed by atoms with Gasteiger partial charge in [0.15, 0.2) is 5.78 Å². The van der Waals surface area contributed by atoms with Crippen molar-refractivity contribution in [2.45, 2.75) is 91.0 Å². The number of aliphatic hydroxyl groups is 1. The first-order valence-electron chi connectivity index (χ1n) is 16.9. The van der Waals surface area contributed by atoms with E-state index in [1.165, 1.54) is 18.7 Å². The number of carboxylic acid groups (broad SMARTS) is 1.